The molecule has 18 nitrogen and oxygen atoms in total. The van der Waals surface area contributed by atoms with Gasteiger partial charge < -0.3 is 80.9 Å². The summed E-state index contributed by atoms with van der Waals surface area (Å²) in [5.41, 5.74) is 6.02. The van der Waals surface area contributed by atoms with Crippen molar-refractivity contribution in [2.75, 3.05) is 0 Å². The van der Waals surface area contributed by atoms with Gasteiger partial charge in [-0.05, 0) is 52.4 Å². The molecule has 0 amide bonds. The molecule has 3 rings (SSSR count). The monoisotopic (exact) mass is 926 g/mol. The molecule has 3 heterocycles. The quantitative estimate of drug-likeness (QED) is 0.171. The third-order valence-electron chi connectivity index (χ3n) is 12.2. The van der Waals surface area contributed by atoms with Crippen molar-refractivity contribution in [1.82, 2.24) is 0 Å². The number of fused-ring (bicyclic) bond motifs is 2. The van der Waals surface area contributed by atoms with E-state index in [1.165, 1.54) is 13.0 Å². The van der Waals surface area contributed by atoms with E-state index < -0.39 is 141 Å². The van der Waals surface area contributed by atoms with Gasteiger partial charge in [0.2, 0.25) is 0 Å². The summed E-state index contributed by atoms with van der Waals surface area (Å²) in [7, 11) is 0. The summed E-state index contributed by atoms with van der Waals surface area (Å²) in [5, 5.41) is 118. The van der Waals surface area contributed by atoms with Crippen molar-refractivity contribution in [3.63, 3.8) is 0 Å². The van der Waals surface area contributed by atoms with Crippen molar-refractivity contribution in [3.8, 4) is 0 Å². The number of aliphatic hydroxyl groups excluding tert-OH is 9. The van der Waals surface area contributed by atoms with Crippen LogP contribution in [-0.4, -0.2) is 166 Å². The molecular weight excluding hydrogens is 851 g/mol. The lowest BCUT2D eigenvalue weighted by molar-refractivity contribution is -0.310. The van der Waals surface area contributed by atoms with E-state index >= 15 is 0 Å². The molecule has 0 saturated carbocycles. The summed E-state index contributed by atoms with van der Waals surface area (Å²) in [6.45, 7) is 6.73. The number of carboxylic acids is 1. The van der Waals surface area contributed by atoms with Gasteiger partial charge in [0.05, 0.1) is 79.6 Å². The van der Waals surface area contributed by atoms with Gasteiger partial charge in [0.25, 0.3) is 0 Å². The fourth-order valence-corrected chi connectivity index (χ4v) is 8.16. The number of cyclic esters (lactones) is 1. The van der Waals surface area contributed by atoms with E-state index in [1.54, 1.807) is 38.2 Å². The van der Waals surface area contributed by atoms with Gasteiger partial charge in [0.1, 0.15) is 18.1 Å². The van der Waals surface area contributed by atoms with E-state index in [1.807, 2.05) is 49.5 Å². The number of nitrogens with two attached hydrogens (primary N) is 1. The molecule has 3 aliphatic rings. The van der Waals surface area contributed by atoms with Crippen LogP contribution in [0.3, 0.4) is 0 Å². The summed E-state index contributed by atoms with van der Waals surface area (Å²) in [5.74, 6) is -6.86. The molecule has 2 saturated heterocycles. The van der Waals surface area contributed by atoms with Crippen molar-refractivity contribution < 1.29 is 84.7 Å². The van der Waals surface area contributed by atoms with Crippen LogP contribution in [0.1, 0.15) is 91.9 Å². The highest BCUT2D eigenvalue weighted by Gasteiger charge is 2.51. The highest BCUT2D eigenvalue weighted by Crippen LogP contribution is 2.38. The first-order valence-corrected chi connectivity index (χ1v) is 22.6. The molecule has 3 aliphatic heterocycles. The number of ether oxygens (including phenoxy) is 4. The molecule has 0 aromatic rings. The van der Waals surface area contributed by atoms with E-state index in [-0.39, 0.29) is 38.0 Å². The van der Waals surface area contributed by atoms with Crippen molar-refractivity contribution >= 4 is 11.9 Å². The van der Waals surface area contributed by atoms with Crippen LogP contribution >= 0.6 is 0 Å². The van der Waals surface area contributed by atoms with E-state index in [0.29, 0.717) is 0 Å². The molecule has 18 heteroatoms. The molecule has 0 unspecified atom stereocenters. The number of carboxylic acid groups (broad SMARTS) is 1. The maximum Gasteiger partial charge on any atom is 0.311 e. The molecule has 0 spiro atoms. The van der Waals surface area contributed by atoms with Crippen LogP contribution in [-0.2, 0) is 28.5 Å². The average Bonchev–Trinajstić information content (AvgIpc) is 3.21. The van der Waals surface area contributed by atoms with Gasteiger partial charge in [-0.1, -0.05) is 86.8 Å². The van der Waals surface area contributed by atoms with Gasteiger partial charge in [0.15, 0.2) is 12.1 Å². The second kappa shape index (κ2) is 27.6. The first kappa shape index (κ1) is 56.1. The minimum Gasteiger partial charge on any atom is -0.481 e. The number of carbonyl (C=O) groups is 2. The van der Waals surface area contributed by atoms with Crippen molar-refractivity contribution in [2.45, 2.75) is 189 Å². The smallest absolute Gasteiger partial charge is 0.311 e. The summed E-state index contributed by atoms with van der Waals surface area (Å²) >= 11 is 0. The van der Waals surface area contributed by atoms with Crippen LogP contribution in [0.2, 0.25) is 0 Å². The predicted molar refractivity (Wildman–Crippen MR) is 237 cm³/mol. The van der Waals surface area contributed by atoms with Gasteiger partial charge in [-0.3, -0.25) is 9.59 Å². The van der Waals surface area contributed by atoms with Gasteiger partial charge in [-0.2, -0.15) is 0 Å². The second-order valence-corrected chi connectivity index (χ2v) is 17.9. The molecule has 0 aromatic carbocycles. The largest absolute Gasteiger partial charge is 0.481 e. The van der Waals surface area contributed by atoms with Crippen LogP contribution < -0.4 is 5.73 Å². The lowest BCUT2D eigenvalue weighted by Gasteiger charge is -2.45. The number of hydrogen-bond donors (Lipinski definition) is 12. The van der Waals surface area contributed by atoms with Gasteiger partial charge in [-0.15, -0.1) is 0 Å². The molecule has 0 radical (unpaired) electrons. The second-order valence-electron chi connectivity index (χ2n) is 17.9. The number of rotatable bonds is 5. The van der Waals surface area contributed by atoms with Crippen LogP contribution in [0.4, 0.5) is 0 Å². The first-order chi connectivity index (χ1) is 30.6. The maximum absolute atomic E-state index is 12.9. The lowest BCUT2D eigenvalue weighted by Crippen LogP contribution is -2.61. The van der Waals surface area contributed by atoms with Gasteiger partial charge in [0, 0.05) is 31.1 Å². The number of allylic oxidation sites excluding steroid dienone is 10. The fraction of sp³-hybridized carbons (Fsp3) is 0.702. The Kier molecular flexibility index (Phi) is 23.8. The Morgan fingerprint density at radius 1 is 0.769 bits per heavy atom. The molecule has 2 bridgehead atoms. The maximum atomic E-state index is 12.9. The summed E-state index contributed by atoms with van der Waals surface area (Å²) in [6.07, 6.45) is 2.16. The highest BCUT2D eigenvalue weighted by atomic mass is 16.7. The van der Waals surface area contributed by atoms with Gasteiger partial charge in [-0.25, -0.2) is 0 Å². The summed E-state index contributed by atoms with van der Waals surface area (Å²) in [4.78, 5) is 25.4. The molecule has 13 N–H and O–H groups in total. The molecule has 370 valence electrons. The molecule has 65 heavy (non-hydrogen) atoms. The van der Waals surface area contributed by atoms with Crippen molar-refractivity contribution in [3.05, 3.63) is 72.9 Å². The number of esters is 1. The SMILES string of the molecule is C[C@H]([C@@H]1OC(=O)C[C@H](O)C[C@H](O)C[C@H](O)CC[C@@H](O)[C@H](O)C[C@]2(O)C[C@H](O)[C@@H](C(=O)O)[C@H](C[C@@H](O[C@@H]3O[C@H](C)[C@@H](O)[C@H](N)[C@@H]3O)C=CC=CC=CC=CCCC=CC=C[C@@H]1C)O2)[C@H](C)O. The molecule has 19 atom stereocenters. The zero-order valence-corrected chi connectivity index (χ0v) is 37.8. The standard InChI is InChI=1S/C47H75NO17/c1-27-17-15-13-11-9-7-5-6-8-10-12-14-16-18-34(63-46-43(58)41(48)42(57)30(4)62-46)24-38-40(45(59)60)37(55)26-47(61,65-38)25-36(54)35(53)20-19-31(50)21-32(51)22-33(52)23-39(56)64-44(27)28(2)29(3)49/h5-6,8,10-18,27-38,40-44,46,49-55,57-58,61H,7,9,19-26,48H2,1-4H3,(H,59,60)/t27-,28-,29-,30+,31+,32+,33+,34-,35+,36+,37-,38-,40+,41-,42+,43-,44+,46-,47+/m0/s1. The third kappa shape index (κ3) is 18.8. The van der Waals surface area contributed by atoms with Crippen molar-refractivity contribution in [1.29, 1.82) is 0 Å². The predicted octanol–water partition coefficient (Wildman–Crippen LogP) is 0.936. The Morgan fingerprint density at radius 2 is 1.35 bits per heavy atom. The van der Waals surface area contributed by atoms with E-state index in [0.717, 1.165) is 12.8 Å². The minimum atomic E-state index is -2.35. The first-order valence-electron chi connectivity index (χ1n) is 22.6. The van der Waals surface area contributed by atoms with Crippen LogP contribution in [0.25, 0.3) is 0 Å². The highest BCUT2D eigenvalue weighted by molar-refractivity contribution is 5.71. The summed E-state index contributed by atoms with van der Waals surface area (Å²) < 4.78 is 23.4. The average molecular weight is 926 g/mol. The minimum absolute atomic E-state index is 0.140. The van der Waals surface area contributed by atoms with Crippen LogP contribution in [0.5, 0.6) is 0 Å². The van der Waals surface area contributed by atoms with E-state index in [2.05, 4.69) is 0 Å². The zero-order valence-electron chi connectivity index (χ0n) is 37.8. The molecule has 0 aliphatic carbocycles. The fourth-order valence-electron chi connectivity index (χ4n) is 8.16. The number of aliphatic hydroxyl groups is 10. The normalized spacial score (nSPS) is 40.6. The Morgan fingerprint density at radius 3 is 2.00 bits per heavy atom. The Bertz CT molecular complexity index is 1620. The summed E-state index contributed by atoms with van der Waals surface area (Å²) in [6, 6.07) is -1.14. The Labute approximate surface area is 381 Å². The van der Waals surface area contributed by atoms with Crippen LogP contribution in [0, 0.1) is 17.8 Å². The number of aliphatic carboxylic acids is 1. The lowest BCUT2D eigenvalue weighted by atomic mass is 9.82. The molecule has 2 fully saturated rings. The van der Waals surface area contributed by atoms with E-state index in [4.69, 9.17) is 24.7 Å². The third-order valence-corrected chi connectivity index (χ3v) is 12.2. The molecule has 0 aromatic heterocycles. The number of hydrogen-bond acceptors (Lipinski definition) is 17. The van der Waals surface area contributed by atoms with Crippen LogP contribution in [0.15, 0.2) is 72.9 Å². The van der Waals surface area contributed by atoms with Gasteiger partial charge >= 0.3 is 11.9 Å². The molecular formula is C47H75NO17. The van der Waals surface area contributed by atoms with Crippen molar-refractivity contribution in [2.24, 2.45) is 23.5 Å². The topological polar surface area (TPSA) is 320 Å². The Hall–Kier alpha value is -3.18. The number of carbonyl (C=O) groups excluding carboxylic acids is 1. The zero-order chi connectivity index (χ0) is 48.4. The Balaban J connectivity index is 1.87. The van der Waals surface area contributed by atoms with E-state index in [9.17, 15) is 65.8 Å².